The Balaban J connectivity index is 1.43. The minimum absolute atomic E-state index is 0.115. The van der Waals surface area contributed by atoms with Gasteiger partial charge < -0.3 is 14.5 Å². The van der Waals surface area contributed by atoms with Gasteiger partial charge in [0, 0.05) is 30.2 Å². The summed E-state index contributed by atoms with van der Waals surface area (Å²) in [5, 5.41) is 3.65. The van der Waals surface area contributed by atoms with Crippen LogP contribution in [0.4, 0.5) is 0 Å². The highest BCUT2D eigenvalue weighted by Crippen LogP contribution is 2.20. The molecule has 2 aromatic carbocycles. The Morgan fingerprint density at radius 3 is 2.81 bits per heavy atom. The van der Waals surface area contributed by atoms with Crippen molar-refractivity contribution < 1.29 is 13.9 Å². The maximum atomic E-state index is 12.4. The minimum atomic E-state index is -0.117. The van der Waals surface area contributed by atoms with Gasteiger partial charge in [0.1, 0.15) is 5.52 Å². The van der Waals surface area contributed by atoms with E-state index in [9.17, 15) is 4.79 Å². The Morgan fingerprint density at radius 2 is 2.04 bits per heavy atom. The van der Waals surface area contributed by atoms with Crippen molar-refractivity contribution in [3.8, 4) is 0 Å². The molecular formula is C21H21ClN2O3. The largest absolute Gasteiger partial charge is 0.440 e. The zero-order chi connectivity index (χ0) is 18.6. The highest BCUT2D eigenvalue weighted by molar-refractivity contribution is 6.30. The van der Waals surface area contributed by atoms with E-state index < -0.39 is 0 Å². The number of amides is 1. The van der Waals surface area contributed by atoms with E-state index in [2.05, 4.69) is 10.3 Å². The van der Waals surface area contributed by atoms with Gasteiger partial charge in [0.05, 0.1) is 6.10 Å². The van der Waals surface area contributed by atoms with Gasteiger partial charge >= 0.3 is 0 Å². The van der Waals surface area contributed by atoms with Gasteiger partial charge in [-0.3, -0.25) is 4.79 Å². The summed E-state index contributed by atoms with van der Waals surface area (Å²) in [4.78, 5) is 16.9. The van der Waals surface area contributed by atoms with E-state index in [1.165, 1.54) is 0 Å². The molecule has 0 spiro atoms. The van der Waals surface area contributed by atoms with Crippen LogP contribution in [0.25, 0.3) is 11.1 Å². The molecule has 0 bridgehead atoms. The number of carbonyl (C=O) groups excluding carboxylic acids is 1. The third-order valence-electron chi connectivity index (χ3n) is 4.73. The van der Waals surface area contributed by atoms with E-state index in [1.807, 2.05) is 24.3 Å². The number of rotatable bonds is 5. The van der Waals surface area contributed by atoms with Gasteiger partial charge in [0.25, 0.3) is 5.91 Å². The Hall–Kier alpha value is -2.37. The molecule has 1 aliphatic rings. The van der Waals surface area contributed by atoms with Crippen molar-refractivity contribution >= 4 is 28.6 Å². The van der Waals surface area contributed by atoms with E-state index in [1.54, 1.807) is 18.2 Å². The lowest BCUT2D eigenvalue weighted by Gasteiger charge is -2.22. The molecule has 1 atom stereocenters. The molecule has 1 saturated heterocycles. The number of ether oxygens (including phenoxy) is 1. The molecule has 4 rings (SSSR count). The fraction of sp³-hybridized carbons (Fsp3) is 0.333. The molecule has 1 fully saturated rings. The molecule has 27 heavy (non-hydrogen) atoms. The quantitative estimate of drug-likeness (QED) is 0.709. The van der Waals surface area contributed by atoms with Crippen LogP contribution in [0.1, 0.15) is 41.1 Å². The second-order valence-corrected chi connectivity index (χ2v) is 7.23. The number of carbonyl (C=O) groups is 1. The molecule has 1 aromatic heterocycles. The first kappa shape index (κ1) is 18.0. The van der Waals surface area contributed by atoms with E-state index in [0.29, 0.717) is 40.5 Å². The number of nitrogens with one attached hydrogen (secondary N) is 1. The number of fused-ring (bicyclic) bond motifs is 1. The summed E-state index contributed by atoms with van der Waals surface area (Å²) >= 11 is 5.92. The summed E-state index contributed by atoms with van der Waals surface area (Å²) in [5.74, 6) is 0.494. The Kier molecular flexibility index (Phi) is 5.41. The molecule has 1 N–H and O–H groups in total. The van der Waals surface area contributed by atoms with Crippen molar-refractivity contribution in [2.75, 3.05) is 13.2 Å². The lowest BCUT2D eigenvalue weighted by Crippen LogP contribution is -2.35. The summed E-state index contributed by atoms with van der Waals surface area (Å²) in [6, 6.07) is 12.9. The van der Waals surface area contributed by atoms with Crippen LogP contribution in [0.15, 0.2) is 46.9 Å². The molecule has 6 heteroatoms. The van der Waals surface area contributed by atoms with Crippen LogP contribution in [-0.4, -0.2) is 30.1 Å². The second-order valence-electron chi connectivity index (χ2n) is 6.79. The smallest absolute Gasteiger partial charge is 0.251 e. The maximum Gasteiger partial charge on any atom is 0.251 e. The van der Waals surface area contributed by atoms with Crippen LogP contribution in [0.3, 0.4) is 0 Å². The molecule has 2 heterocycles. The molecule has 0 aliphatic carbocycles. The lowest BCUT2D eigenvalue weighted by molar-refractivity contribution is 0.0169. The van der Waals surface area contributed by atoms with Crippen molar-refractivity contribution in [1.29, 1.82) is 0 Å². The fourth-order valence-electron chi connectivity index (χ4n) is 3.25. The summed E-state index contributed by atoms with van der Waals surface area (Å²) in [6.07, 6.45) is 3.95. The average molecular weight is 385 g/mol. The van der Waals surface area contributed by atoms with Gasteiger partial charge in [-0.25, -0.2) is 4.98 Å². The number of nitrogens with zero attached hydrogens (tertiary/aromatic N) is 1. The van der Waals surface area contributed by atoms with Crippen molar-refractivity contribution in [1.82, 2.24) is 10.3 Å². The maximum absolute atomic E-state index is 12.4. The van der Waals surface area contributed by atoms with Crippen LogP contribution in [-0.2, 0) is 11.2 Å². The van der Waals surface area contributed by atoms with Crippen LogP contribution < -0.4 is 5.32 Å². The second kappa shape index (κ2) is 8.11. The predicted octanol–water partition coefficient (Wildman–Crippen LogP) is 4.37. The summed E-state index contributed by atoms with van der Waals surface area (Å²) in [5.41, 5.74) is 2.99. The fourth-order valence-corrected chi connectivity index (χ4v) is 3.37. The van der Waals surface area contributed by atoms with Gasteiger partial charge in [-0.1, -0.05) is 23.7 Å². The van der Waals surface area contributed by atoms with E-state index in [0.717, 1.165) is 31.4 Å². The van der Waals surface area contributed by atoms with Gasteiger partial charge in [-0.15, -0.1) is 0 Å². The molecular weight excluding hydrogens is 364 g/mol. The van der Waals surface area contributed by atoms with Crippen molar-refractivity contribution in [2.24, 2.45) is 0 Å². The SMILES string of the molecule is O=C(NC[C@H]1CCCCO1)c1ccc2oc(Cc3ccc(Cl)cc3)nc2c1. The van der Waals surface area contributed by atoms with Crippen molar-refractivity contribution in [3.05, 3.63) is 64.5 Å². The summed E-state index contributed by atoms with van der Waals surface area (Å²) in [7, 11) is 0. The van der Waals surface area contributed by atoms with Crippen LogP contribution in [0.5, 0.6) is 0 Å². The highest BCUT2D eigenvalue weighted by Gasteiger charge is 2.16. The minimum Gasteiger partial charge on any atom is -0.440 e. The lowest BCUT2D eigenvalue weighted by atomic mass is 10.1. The zero-order valence-corrected chi connectivity index (χ0v) is 15.7. The molecule has 3 aromatic rings. The van der Waals surface area contributed by atoms with Gasteiger partial charge in [-0.05, 0) is 55.2 Å². The number of hydrogen-bond acceptors (Lipinski definition) is 4. The first-order valence-electron chi connectivity index (χ1n) is 9.21. The predicted molar refractivity (Wildman–Crippen MR) is 104 cm³/mol. The van der Waals surface area contributed by atoms with Crippen LogP contribution in [0, 0.1) is 0 Å². The molecule has 5 nitrogen and oxygen atoms in total. The Labute approximate surface area is 162 Å². The number of aromatic nitrogens is 1. The third-order valence-corrected chi connectivity index (χ3v) is 4.98. The normalized spacial score (nSPS) is 17.1. The van der Waals surface area contributed by atoms with Gasteiger partial charge in [-0.2, -0.15) is 0 Å². The molecule has 0 unspecified atom stereocenters. The number of halogens is 1. The van der Waals surface area contributed by atoms with E-state index in [4.69, 9.17) is 20.8 Å². The van der Waals surface area contributed by atoms with Crippen molar-refractivity contribution in [2.45, 2.75) is 31.8 Å². The molecule has 0 saturated carbocycles. The number of benzene rings is 2. The van der Waals surface area contributed by atoms with E-state index in [-0.39, 0.29) is 12.0 Å². The van der Waals surface area contributed by atoms with Crippen molar-refractivity contribution in [3.63, 3.8) is 0 Å². The topological polar surface area (TPSA) is 64.4 Å². The highest BCUT2D eigenvalue weighted by atomic mass is 35.5. The molecule has 1 aliphatic heterocycles. The standard InChI is InChI=1S/C21H21ClN2O3/c22-16-7-4-14(5-8-16)11-20-24-18-12-15(6-9-19(18)27-20)21(25)23-13-17-3-1-2-10-26-17/h4-9,12,17H,1-3,10-11,13H2,(H,23,25)/t17-/m1/s1. The molecule has 1 amide bonds. The van der Waals surface area contributed by atoms with Gasteiger partial charge in [0.15, 0.2) is 11.5 Å². The summed E-state index contributed by atoms with van der Waals surface area (Å²) in [6.45, 7) is 1.32. The van der Waals surface area contributed by atoms with E-state index >= 15 is 0 Å². The third kappa shape index (κ3) is 4.49. The first-order valence-corrected chi connectivity index (χ1v) is 9.59. The number of hydrogen-bond donors (Lipinski definition) is 1. The Bertz CT molecular complexity index is 930. The monoisotopic (exact) mass is 384 g/mol. The van der Waals surface area contributed by atoms with Gasteiger partial charge in [0.2, 0.25) is 0 Å². The van der Waals surface area contributed by atoms with Crippen LogP contribution >= 0.6 is 11.6 Å². The molecule has 0 radical (unpaired) electrons. The molecule has 140 valence electrons. The van der Waals surface area contributed by atoms with Crippen LogP contribution in [0.2, 0.25) is 5.02 Å². The average Bonchev–Trinajstić information content (AvgIpc) is 3.10. The Morgan fingerprint density at radius 1 is 1.19 bits per heavy atom. The number of oxazole rings is 1. The summed E-state index contributed by atoms with van der Waals surface area (Å²) < 4.78 is 11.4. The first-order chi connectivity index (χ1) is 13.2. The zero-order valence-electron chi connectivity index (χ0n) is 14.9.